The van der Waals surface area contributed by atoms with Crippen LogP contribution in [0, 0.1) is 0 Å². The minimum absolute atomic E-state index is 0.116. The summed E-state index contributed by atoms with van der Waals surface area (Å²) in [5.41, 5.74) is 0. The molecule has 6 nitrogen and oxygen atoms in total. The molecule has 0 saturated carbocycles. The molecule has 0 rings (SSSR count). The summed E-state index contributed by atoms with van der Waals surface area (Å²) in [5.74, 6) is 0.702. The first-order chi connectivity index (χ1) is 11.6. The zero-order valence-corrected chi connectivity index (χ0v) is 18.0. The van der Waals surface area contributed by atoms with E-state index in [1.54, 1.807) is 25.6 Å². The lowest BCUT2D eigenvalue weighted by Gasteiger charge is -2.24. The molecule has 25 heavy (non-hydrogen) atoms. The van der Waals surface area contributed by atoms with Crippen LogP contribution in [0.2, 0.25) is 0 Å². The van der Waals surface area contributed by atoms with E-state index >= 15 is 0 Å². The maximum Gasteiger partial charge on any atom is 0.631 e. The Bertz CT molecular complexity index is 274. The molecule has 0 spiro atoms. The summed E-state index contributed by atoms with van der Waals surface area (Å²) in [6.45, 7) is 12.0. The van der Waals surface area contributed by atoms with Gasteiger partial charge in [-0.15, -0.1) is 0 Å². The van der Waals surface area contributed by atoms with Gasteiger partial charge >= 0.3 is 7.32 Å². The first-order valence-corrected chi connectivity index (χ1v) is 10.3. The molecular weight excluding hydrogens is 361 g/mol. The van der Waals surface area contributed by atoms with Crippen LogP contribution in [0.3, 0.4) is 0 Å². The van der Waals surface area contributed by atoms with Crippen molar-refractivity contribution < 1.29 is 25.3 Å². The van der Waals surface area contributed by atoms with Crippen LogP contribution in [0.15, 0.2) is 0 Å². The fourth-order valence-electron chi connectivity index (χ4n) is 1.28. The van der Waals surface area contributed by atoms with Gasteiger partial charge in [-0.2, -0.15) is 0 Å². The van der Waals surface area contributed by atoms with E-state index < -0.39 is 7.32 Å². The molecule has 2 atom stereocenters. The lowest BCUT2D eigenvalue weighted by atomic mass is 10.3. The third kappa shape index (κ3) is 32.3. The fraction of sp³-hybridized carbons (Fsp3) is 0.938. The van der Waals surface area contributed by atoms with Gasteiger partial charge in [0.1, 0.15) is 4.32 Å². The molecular formula is C16H38BNO5S2. The maximum atomic E-state index is 9.24. The number of hydrogen-bond acceptors (Lipinski definition) is 7. The van der Waals surface area contributed by atoms with Crippen molar-refractivity contribution in [3.8, 4) is 0 Å². The van der Waals surface area contributed by atoms with E-state index in [4.69, 9.17) is 32.4 Å². The van der Waals surface area contributed by atoms with E-state index in [0.717, 1.165) is 23.8 Å². The zero-order chi connectivity index (χ0) is 20.3. The van der Waals surface area contributed by atoms with Gasteiger partial charge in [-0.05, 0) is 33.1 Å². The summed E-state index contributed by atoms with van der Waals surface area (Å²) in [4.78, 5) is 2.29. The van der Waals surface area contributed by atoms with Crippen molar-refractivity contribution in [3.63, 3.8) is 0 Å². The van der Waals surface area contributed by atoms with Crippen LogP contribution in [0.25, 0.3) is 0 Å². The van der Waals surface area contributed by atoms with Gasteiger partial charge in [0, 0.05) is 18.8 Å². The SMILES string of the molecule is CCC(C)O.CCCCN(CCCC)C(=S)SCC(C)O.OB(O)O. The van der Waals surface area contributed by atoms with Gasteiger partial charge in [-0.1, -0.05) is 57.6 Å². The molecule has 0 fully saturated rings. The third-order valence-corrected chi connectivity index (χ3v) is 4.63. The predicted molar refractivity (Wildman–Crippen MR) is 113 cm³/mol. The van der Waals surface area contributed by atoms with E-state index in [1.807, 2.05) is 6.92 Å². The predicted octanol–water partition coefficient (Wildman–Crippen LogP) is 2.01. The van der Waals surface area contributed by atoms with Gasteiger partial charge in [0.15, 0.2) is 0 Å². The Morgan fingerprint density at radius 1 is 0.960 bits per heavy atom. The quantitative estimate of drug-likeness (QED) is 0.296. The molecule has 0 radical (unpaired) electrons. The summed E-state index contributed by atoms with van der Waals surface area (Å²) in [7, 11) is -2.17. The smallest absolute Gasteiger partial charge is 0.402 e. The van der Waals surface area contributed by atoms with Crippen LogP contribution >= 0.6 is 24.0 Å². The number of aliphatic hydroxyl groups is 2. The molecule has 9 heteroatoms. The molecule has 0 saturated heterocycles. The van der Waals surface area contributed by atoms with E-state index in [9.17, 15) is 5.11 Å². The van der Waals surface area contributed by atoms with Gasteiger partial charge in [0.25, 0.3) is 0 Å². The molecule has 0 aromatic rings. The number of rotatable bonds is 9. The monoisotopic (exact) mass is 399 g/mol. The van der Waals surface area contributed by atoms with E-state index in [2.05, 4.69) is 18.7 Å². The molecule has 0 bridgehead atoms. The van der Waals surface area contributed by atoms with Crippen molar-refractivity contribution in [1.82, 2.24) is 4.90 Å². The van der Waals surface area contributed by atoms with Gasteiger partial charge < -0.3 is 30.2 Å². The summed E-state index contributed by atoms with van der Waals surface area (Å²) >= 11 is 7.00. The van der Waals surface area contributed by atoms with Crippen molar-refractivity contribution >= 4 is 35.6 Å². The summed E-state index contributed by atoms with van der Waals surface area (Å²) in [6.07, 6.45) is 5.26. The van der Waals surface area contributed by atoms with Gasteiger partial charge in [0.05, 0.1) is 12.2 Å². The highest BCUT2D eigenvalue weighted by Gasteiger charge is 2.10. The Hall–Kier alpha value is 0.105. The Balaban J connectivity index is -0.000000442. The Labute approximate surface area is 163 Å². The molecule has 0 aromatic carbocycles. The molecule has 0 aliphatic carbocycles. The van der Waals surface area contributed by atoms with Crippen LogP contribution in [0.1, 0.15) is 66.7 Å². The Morgan fingerprint density at radius 3 is 1.56 bits per heavy atom. The second kappa shape index (κ2) is 22.1. The van der Waals surface area contributed by atoms with Crippen LogP contribution in [0.5, 0.6) is 0 Å². The number of thioether (sulfide) groups is 1. The van der Waals surface area contributed by atoms with Crippen molar-refractivity contribution in [2.45, 2.75) is 78.9 Å². The number of aliphatic hydroxyl groups excluding tert-OH is 2. The van der Waals surface area contributed by atoms with Crippen molar-refractivity contribution in [2.24, 2.45) is 0 Å². The van der Waals surface area contributed by atoms with Crippen LogP contribution < -0.4 is 0 Å². The first-order valence-electron chi connectivity index (χ1n) is 8.94. The van der Waals surface area contributed by atoms with Crippen molar-refractivity contribution in [1.29, 1.82) is 0 Å². The number of thiocarbonyl (C=S) groups is 1. The normalized spacial score (nSPS) is 12.1. The van der Waals surface area contributed by atoms with Crippen LogP contribution in [-0.2, 0) is 0 Å². The number of nitrogens with zero attached hydrogens (tertiary/aromatic N) is 1. The zero-order valence-electron chi connectivity index (χ0n) is 16.4. The Morgan fingerprint density at radius 2 is 1.32 bits per heavy atom. The van der Waals surface area contributed by atoms with Crippen molar-refractivity contribution in [2.75, 3.05) is 18.8 Å². The second-order valence-electron chi connectivity index (χ2n) is 5.72. The fourth-order valence-corrected chi connectivity index (χ4v) is 2.41. The first kappa shape index (κ1) is 29.9. The largest absolute Gasteiger partial charge is 0.631 e. The standard InChI is InChI=1S/C12H25NOS2.C4H10O.BH3O3/c1-4-6-8-13(9-7-5-2)12(15)16-10-11(3)14;1-3-4(2)5;2-1(3)4/h11,14H,4-10H2,1-3H3;4-5H,3H2,1-2H3;2-4H. The highest BCUT2D eigenvalue weighted by atomic mass is 32.2. The minimum atomic E-state index is -2.17. The molecule has 0 aromatic heterocycles. The lowest BCUT2D eigenvalue weighted by Crippen LogP contribution is -2.30. The van der Waals surface area contributed by atoms with Crippen LogP contribution in [-0.4, -0.2) is 72.9 Å². The highest BCUT2D eigenvalue weighted by Crippen LogP contribution is 2.13. The summed E-state index contributed by atoms with van der Waals surface area (Å²) < 4.78 is 0.947. The average Bonchev–Trinajstić information content (AvgIpc) is 2.52. The molecule has 5 N–H and O–H groups in total. The van der Waals surface area contributed by atoms with Crippen molar-refractivity contribution in [3.05, 3.63) is 0 Å². The lowest BCUT2D eigenvalue weighted by molar-refractivity contribution is 0.191. The number of hydrogen-bond donors (Lipinski definition) is 5. The van der Waals surface area contributed by atoms with Crippen LogP contribution in [0.4, 0.5) is 0 Å². The van der Waals surface area contributed by atoms with Gasteiger partial charge in [0.2, 0.25) is 0 Å². The minimum Gasteiger partial charge on any atom is -0.402 e. The van der Waals surface area contributed by atoms with E-state index in [1.165, 1.54) is 25.7 Å². The summed E-state index contributed by atoms with van der Waals surface area (Å²) in [5, 5.41) is 39.1. The summed E-state index contributed by atoms with van der Waals surface area (Å²) in [6, 6.07) is 0. The molecule has 0 amide bonds. The molecule has 0 heterocycles. The molecule has 2 unspecified atom stereocenters. The Kier molecular flexibility index (Phi) is 26.4. The van der Waals surface area contributed by atoms with Gasteiger partial charge in [-0.25, -0.2) is 0 Å². The molecule has 152 valence electrons. The van der Waals surface area contributed by atoms with E-state index in [0.29, 0.717) is 5.75 Å². The maximum absolute atomic E-state index is 9.24. The number of unbranched alkanes of at least 4 members (excludes halogenated alkanes) is 2. The average molecular weight is 399 g/mol. The topological polar surface area (TPSA) is 104 Å². The van der Waals surface area contributed by atoms with Gasteiger partial charge in [-0.3, -0.25) is 0 Å². The third-order valence-electron chi connectivity index (χ3n) is 2.86. The van der Waals surface area contributed by atoms with E-state index in [-0.39, 0.29) is 12.2 Å². The highest BCUT2D eigenvalue weighted by molar-refractivity contribution is 8.22. The second-order valence-corrected chi connectivity index (χ2v) is 7.38. The molecule has 0 aliphatic rings. The molecule has 0 aliphatic heterocycles.